The van der Waals surface area contributed by atoms with E-state index < -0.39 is 28.6 Å². The van der Waals surface area contributed by atoms with Crippen LogP contribution in [0.4, 0.5) is 14.5 Å². The highest BCUT2D eigenvalue weighted by atomic mass is 19.1. The van der Waals surface area contributed by atoms with Gasteiger partial charge < -0.3 is 14.6 Å². The maximum Gasteiger partial charge on any atom is 0.341 e. The third kappa shape index (κ3) is 2.94. The zero-order valence-electron chi connectivity index (χ0n) is 15.9. The van der Waals surface area contributed by atoms with Crippen molar-refractivity contribution in [2.24, 2.45) is 0 Å². The summed E-state index contributed by atoms with van der Waals surface area (Å²) in [5.41, 5.74) is -0.842. The fourth-order valence-electron chi connectivity index (χ4n) is 4.34. The van der Waals surface area contributed by atoms with Crippen LogP contribution in [0.5, 0.6) is 0 Å². The number of aromatic nitrogens is 4. The van der Waals surface area contributed by atoms with Crippen LogP contribution in [-0.4, -0.2) is 44.1 Å². The Balaban J connectivity index is 1.66. The lowest BCUT2D eigenvalue weighted by molar-refractivity contribution is 0.0694. The number of benzene rings is 1. The minimum Gasteiger partial charge on any atom is -0.477 e. The van der Waals surface area contributed by atoms with Crippen LogP contribution >= 0.6 is 0 Å². The summed E-state index contributed by atoms with van der Waals surface area (Å²) < 4.78 is 32.3. The first-order valence-corrected chi connectivity index (χ1v) is 9.86. The van der Waals surface area contributed by atoms with Crippen LogP contribution in [-0.2, 0) is 0 Å². The molecule has 2 N–H and O–H groups in total. The Morgan fingerprint density at radius 2 is 2.07 bits per heavy atom. The second kappa shape index (κ2) is 6.89. The molecule has 0 spiro atoms. The van der Waals surface area contributed by atoms with Crippen molar-refractivity contribution in [1.29, 1.82) is 0 Å². The third-order valence-electron chi connectivity index (χ3n) is 5.94. The molecule has 0 amide bonds. The molecule has 5 rings (SSSR count). The number of piperidine rings is 1. The first-order chi connectivity index (χ1) is 14.5. The maximum atomic E-state index is 15.7. The van der Waals surface area contributed by atoms with Crippen molar-refractivity contribution in [1.82, 2.24) is 20.0 Å². The number of fused-ring (bicyclic) bond motifs is 1. The van der Waals surface area contributed by atoms with Gasteiger partial charge in [-0.15, -0.1) is 0 Å². The number of aromatic amines is 1. The van der Waals surface area contributed by atoms with E-state index in [1.54, 1.807) is 11.1 Å². The highest BCUT2D eigenvalue weighted by Crippen LogP contribution is 2.40. The number of nitrogens with one attached hydrogen (secondary N) is 1. The summed E-state index contributed by atoms with van der Waals surface area (Å²) in [7, 11) is 0. The molecule has 156 valence electrons. The Morgan fingerprint density at radius 3 is 2.73 bits per heavy atom. The molecule has 2 aromatic heterocycles. The summed E-state index contributed by atoms with van der Waals surface area (Å²) in [6, 6.07) is 0.879. The summed E-state index contributed by atoms with van der Waals surface area (Å²) in [5.74, 6) is -3.13. The lowest BCUT2D eigenvalue weighted by Gasteiger charge is -2.34. The number of carbonyl (C=O) groups is 1. The molecule has 0 bridgehead atoms. The molecule has 0 radical (unpaired) electrons. The predicted octanol–water partition coefficient (Wildman–Crippen LogP) is 2.81. The number of hydrogen-bond acceptors (Lipinski definition) is 5. The fraction of sp³-hybridized carbons (Fsp3) is 0.400. The topological polar surface area (TPSA) is 104 Å². The van der Waals surface area contributed by atoms with Crippen LogP contribution in [0.3, 0.4) is 0 Å². The molecule has 2 aliphatic rings. The molecule has 1 saturated carbocycles. The molecule has 30 heavy (non-hydrogen) atoms. The molecule has 1 atom stereocenters. The van der Waals surface area contributed by atoms with E-state index in [-0.39, 0.29) is 28.6 Å². The Kier molecular flexibility index (Phi) is 4.30. The zero-order chi connectivity index (χ0) is 21.0. The quantitative estimate of drug-likeness (QED) is 0.679. The first-order valence-electron chi connectivity index (χ1n) is 9.86. The number of anilines is 1. The van der Waals surface area contributed by atoms with Crippen molar-refractivity contribution >= 4 is 22.6 Å². The van der Waals surface area contributed by atoms with Crippen molar-refractivity contribution in [3.63, 3.8) is 0 Å². The van der Waals surface area contributed by atoms with Gasteiger partial charge in [-0.3, -0.25) is 4.79 Å². The van der Waals surface area contributed by atoms with Crippen LogP contribution in [0.1, 0.15) is 53.7 Å². The Labute approximate surface area is 169 Å². The van der Waals surface area contributed by atoms with Gasteiger partial charge >= 0.3 is 5.97 Å². The Bertz CT molecular complexity index is 1200. The smallest absolute Gasteiger partial charge is 0.341 e. The molecule has 2 fully saturated rings. The van der Waals surface area contributed by atoms with Crippen LogP contribution in [0.2, 0.25) is 0 Å². The van der Waals surface area contributed by atoms with E-state index in [9.17, 15) is 14.7 Å². The van der Waals surface area contributed by atoms with E-state index in [2.05, 4.69) is 15.4 Å². The molecule has 1 aliphatic heterocycles. The van der Waals surface area contributed by atoms with E-state index >= 15 is 8.78 Å². The number of pyridine rings is 1. The number of hydrogen-bond donors (Lipinski definition) is 2. The van der Waals surface area contributed by atoms with Crippen molar-refractivity contribution in [3.05, 3.63) is 51.6 Å². The van der Waals surface area contributed by atoms with Gasteiger partial charge in [0.25, 0.3) is 0 Å². The van der Waals surface area contributed by atoms with E-state index in [0.29, 0.717) is 13.1 Å². The predicted molar refractivity (Wildman–Crippen MR) is 104 cm³/mol. The largest absolute Gasteiger partial charge is 0.477 e. The van der Waals surface area contributed by atoms with Crippen molar-refractivity contribution in [2.75, 3.05) is 18.0 Å². The second-order valence-corrected chi connectivity index (χ2v) is 7.91. The summed E-state index contributed by atoms with van der Waals surface area (Å²) in [5, 5.41) is 19.6. The van der Waals surface area contributed by atoms with Crippen molar-refractivity contribution in [2.45, 2.75) is 37.6 Å². The molecular weight excluding hydrogens is 396 g/mol. The number of aromatic carboxylic acids is 1. The van der Waals surface area contributed by atoms with E-state index in [1.807, 2.05) is 0 Å². The van der Waals surface area contributed by atoms with Crippen LogP contribution in [0.25, 0.3) is 10.9 Å². The van der Waals surface area contributed by atoms with Crippen molar-refractivity contribution < 1.29 is 18.7 Å². The van der Waals surface area contributed by atoms with Gasteiger partial charge in [0, 0.05) is 31.2 Å². The summed E-state index contributed by atoms with van der Waals surface area (Å²) in [4.78, 5) is 25.7. The van der Waals surface area contributed by atoms with Gasteiger partial charge in [0.2, 0.25) is 5.43 Å². The molecule has 1 aliphatic carbocycles. The molecule has 3 aromatic rings. The molecule has 1 saturated heterocycles. The number of carboxylic acids is 1. The molecular formula is C20H19F2N5O3. The normalized spacial score (nSPS) is 19.4. The number of H-pyrrole nitrogens is 1. The van der Waals surface area contributed by atoms with Gasteiger partial charge in [-0.25, -0.2) is 13.6 Å². The Morgan fingerprint density at radius 1 is 1.27 bits per heavy atom. The van der Waals surface area contributed by atoms with Gasteiger partial charge in [-0.2, -0.15) is 15.4 Å². The molecule has 10 heteroatoms. The summed E-state index contributed by atoms with van der Waals surface area (Å²) >= 11 is 0. The molecule has 8 nitrogen and oxygen atoms in total. The highest BCUT2D eigenvalue weighted by molar-refractivity contribution is 5.94. The SMILES string of the molecule is O=C(O)c1cn(C2CC2)c2c(F)c(N3CCCC(c4cn[nH]n4)C3)c(F)cc2c1=O. The Hall–Kier alpha value is -3.30. The highest BCUT2D eigenvalue weighted by Gasteiger charge is 2.32. The van der Waals surface area contributed by atoms with Crippen LogP contribution in [0, 0.1) is 11.6 Å². The second-order valence-electron chi connectivity index (χ2n) is 7.91. The minimum atomic E-state index is -1.41. The lowest BCUT2D eigenvalue weighted by atomic mass is 9.94. The van der Waals surface area contributed by atoms with E-state index in [4.69, 9.17) is 0 Å². The maximum absolute atomic E-state index is 15.7. The summed E-state index contributed by atoms with van der Waals surface area (Å²) in [6.45, 7) is 0.835. The number of rotatable bonds is 4. The van der Waals surface area contributed by atoms with Crippen LogP contribution < -0.4 is 10.3 Å². The molecule has 1 unspecified atom stereocenters. The number of nitrogens with zero attached hydrogens (tertiary/aromatic N) is 4. The molecule has 3 heterocycles. The fourth-order valence-corrected chi connectivity index (χ4v) is 4.34. The monoisotopic (exact) mass is 415 g/mol. The van der Waals surface area contributed by atoms with Gasteiger partial charge in [0.1, 0.15) is 17.1 Å². The van der Waals surface area contributed by atoms with E-state index in [0.717, 1.165) is 37.4 Å². The number of carboxylic acid groups (broad SMARTS) is 1. The van der Waals surface area contributed by atoms with Gasteiger partial charge in [0.05, 0.1) is 22.8 Å². The number of halogens is 2. The lowest BCUT2D eigenvalue weighted by Crippen LogP contribution is -2.36. The van der Waals surface area contributed by atoms with Crippen LogP contribution in [0.15, 0.2) is 23.3 Å². The van der Waals surface area contributed by atoms with Crippen molar-refractivity contribution in [3.8, 4) is 0 Å². The average molecular weight is 415 g/mol. The average Bonchev–Trinajstić information content (AvgIpc) is 3.41. The minimum absolute atomic E-state index is 0.0213. The first kappa shape index (κ1) is 18.7. The standard InChI is InChI=1S/C20H19F2N5O3/c21-14-6-12-17(27(11-3-4-11)9-13(19(12)28)20(29)30)16(22)18(14)26-5-1-2-10(8-26)15-7-23-25-24-15/h6-7,9-11H,1-5,8H2,(H,29,30)(H,23,24,25). The third-order valence-corrected chi connectivity index (χ3v) is 5.94. The van der Waals surface area contributed by atoms with E-state index in [1.165, 1.54) is 10.8 Å². The summed E-state index contributed by atoms with van der Waals surface area (Å²) in [6.07, 6.45) is 5.85. The van der Waals surface area contributed by atoms with Gasteiger partial charge in [-0.05, 0) is 31.7 Å². The van der Waals surface area contributed by atoms with Gasteiger partial charge in [0.15, 0.2) is 5.82 Å². The molecule has 1 aromatic carbocycles. The zero-order valence-corrected chi connectivity index (χ0v) is 15.9. The van der Waals surface area contributed by atoms with Gasteiger partial charge in [-0.1, -0.05) is 0 Å².